The van der Waals surface area contributed by atoms with Crippen LogP contribution in [0.2, 0.25) is 0 Å². The van der Waals surface area contributed by atoms with Gasteiger partial charge in [0.25, 0.3) is 5.56 Å². The fraction of sp³-hybridized carbons (Fsp3) is 0.704. The monoisotopic (exact) mass is 516 g/mol. The van der Waals surface area contributed by atoms with E-state index in [2.05, 4.69) is 17.2 Å². The molecular weight excluding hydrogens is 479 g/mol. The predicted molar refractivity (Wildman–Crippen MR) is 141 cm³/mol. The van der Waals surface area contributed by atoms with Crippen molar-refractivity contribution in [1.82, 2.24) is 19.4 Å². The van der Waals surface area contributed by atoms with Crippen molar-refractivity contribution < 1.29 is 9.18 Å². The largest absolute Gasteiger partial charge is 0.353 e. The predicted octanol–water partition coefficient (Wildman–Crippen LogP) is 4.58. The van der Waals surface area contributed by atoms with E-state index in [1.165, 1.54) is 23.5 Å². The van der Waals surface area contributed by atoms with Gasteiger partial charge in [-0.25, -0.2) is 14.2 Å². The molecule has 2 aromatic heterocycles. The molecule has 1 saturated heterocycles. The second kappa shape index (κ2) is 11.1. The van der Waals surface area contributed by atoms with Crippen LogP contribution in [0.15, 0.2) is 21.9 Å². The number of nitrogens with zero attached hydrogens (tertiary/aromatic N) is 3. The van der Waals surface area contributed by atoms with Gasteiger partial charge >= 0.3 is 5.69 Å². The lowest BCUT2D eigenvalue weighted by Gasteiger charge is -2.32. The van der Waals surface area contributed by atoms with Crippen molar-refractivity contribution in [3.05, 3.63) is 38.9 Å². The Morgan fingerprint density at radius 3 is 2.36 bits per heavy atom. The molecule has 0 atom stereocenters. The van der Waals surface area contributed by atoms with Crippen LogP contribution in [0.1, 0.15) is 89.6 Å². The van der Waals surface area contributed by atoms with Gasteiger partial charge in [-0.2, -0.15) is 11.8 Å². The molecule has 196 valence electrons. The molecule has 5 rings (SSSR count). The van der Waals surface area contributed by atoms with E-state index in [4.69, 9.17) is 0 Å². The van der Waals surface area contributed by atoms with Gasteiger partial charge in [0.15, 0.2) is 0 Å². The first kappa shape index (κ1) is 25.5. The summed E-state index contributed by atoms with van der Waals surface area (Å²) < 4.78 is 17.1. The first-order valence-corrected chi connectivity index (χ1v) is 14.8. The molecule has 3 aliphatic rings. The van der Waals surface area contributed by atoms with E-state index >= 15 is 0 Å². The number of rotatable bonds is 5. The van der Waals surface area contributed by atoms with Crippen LogP contribution in [-0.2, 0) is 4.79 Å². The summed E-state index contributed by atoms with van der Waals surface area (Å²) in [7, 11) is 0. The van der Waals surface area contributed by atoms with Crippen molar-refractivity contribution in [3.8, 4) is 0 Å². The van der Waals surface area contributed by atoms with Crippen LogP contribution < -0.4 is 16.6 Å². The molecule has 2 aliphatic carbocycles. The fourth-order valence-electron chi connectivity index (χ4n) is 6.36. The number of hydrogen-bond donors (Lipinski definition) is 1. The Morgan fingerprint density at radius 2 is 1.67 bits per heavy atom. The third kappa shape index (κ3) is 5.41. The lowest BCUT2D eigenvalue weighted by molar-refractivity contribution is -0.123. The Kier molecular flexibility index (Phi) is 7.84. The SMILES string of the molecule is CC1CCC(CC(=O)N[C@H]2CC[C@@H](n3c(=O)c4cc(F)cnc4n(C4CCSCC4)c3=O)CC2)CC1. The van der Waals surface area contributed by atoms with Gasteiger partial charge in [0.1, 0.15) is 11.5 Å². The van der Waals surface area contributed by atoms with Gasteiger partial charge in [-0.15, -0.1) is 0 Å². The molecule has 3 heterocycles. The highest BCUT2D eigenvalue weighted by Gasteiger charge is 2.30. The smallest absolute Gasteiger partial charge is 0.333 e. The molecule has 0 spiro atoms. The lowest BCUT2D eigenvalue weighted by Crippen LogP contribution is -2.46. The Labute approximate surface area is 215 Å². The molecule has 36 heavy (non-hydrogen) atoms. The Morgan fingerprint density at radius 1 is 1.00 bits per heavy atom. The van der Waals surface area contributed by atoms with Crippen LogP contribution in [0.25, 0.3) is 11.0 Å². The van der Waals surface area contributed by atoms with Crippen LogP contribution >= 0.6 is 11.8 Å². The highest BCUT2D eigenvalue weighted by molar-refractivity contribution is 7.99. The minimum Gasteiger partial charge on any atom is -0.353 e. The Balaban J connectivity index is 1.32. The van der Waals surface area contributed by atoms with Gasteiger partial charge in [0.2, 0.25) is 5.91 Å². The van der Waals surface area contributed by atoms with E-state index in [0.717, 1.165) is 62.1 Å². The maximum absolute atomic E-state index is 14.1. The number of thioether (sulfide) groups is 1. The number of aromatic nitrogens is 3. The maximum Gasteiger partial charge on any atom is 0.333 e. The molecule has 9 heteroatoms. The molecular formula is C27H37FN4O3S. The number of halogens is 1. The quantitative estimate of drug-likeness (QED) is 0.629. The molecule has 1 amide bonds. The molecule has 0 bridgehead atoms. The molecule has 2 saturated carbocycles. The van der Waals surface area contributed by atoms with Gasteiger partial charge < -0.3 is 5.32 Å². The average molecular weight is 517 g/mol. The van der Waals surface area contributed by atoms with Crippen LogP contribution in [0, 0.1) is 17.7 Å². The molecule has 0 unspecified atom stereocenters. The van der Waals surface area contributed by atoms with Crippen LogP contribution in [0.4, 0.5) is 4.39 Å². The van der Waals surface area contributed by atoms with E-state index in [-0.39, 0.29) is 40.8 Å². The lowest BCUT2D eigenvalue weighted by atomic mass is 9.81. The van der Waals surface area contributed by atoms with Crippen molar-refractivity contribution in [3.63, 3.8) is 0 Å². The number of carbonyl (C=O) groups is 1. The number of amides is 1. The minimum atomic E-state index is -0.575. The Bertz CT molecular complexity index is 1210. The highest BCUT2D eigenvalue weighted by Crippen LogP contribution is 2.32. The molecule has 0 radical (unpaired) electrons. The number of fused-ring (bicyclic) bond motifs is 1. The molecule has 1 N–H and O–H groups in total. The van der Waals surface area contributed by atoms with Gasteiger partial charge in [-0.05, 0) is 80.8 Å². The van der Waals surface area contributed by atoms with Gasteiger partial charge in [0.05, 0.1) is 11.6 Å². The molecule has 0 aromatic carbocycles. The second-order valence-electron chi connectivity index (χ2n) is 11.1. The fourth-order valence-corrected chi connectivity index (χ4v) is 7.44. The number of carbonyl (C=O) groups excluding carboxylic acids is 1. The van der Waals surface area contributed by atoms with Gasteiger partial charge in [-0.3, -0.25) is 18.7 Å². The number of nitrogens with one attached hydrogen (secondary N) is 1. The van der Waals surface area contributed by atoms with Crippen molar-refractivity contribution in [1.29, 1.82) is 0 Å². The van der Waals surface area contributed by atoms with Crippen molar-refractivity contribution in [2.24, 2.45) is 11.8 Å². The van der Waals surface area contributed by atoms with Crippen molar-refractivity contribution >= 4 is 28.7 Å². The zero-order valence-corrected chi connectivity index (χ0v) is 21.9. The summed E-state index contributed by atoms with van der Waals surface area (Å²) in [4.78, 5) is 44.0. The minimum absolute atomic E-state index is 0.0375. The zero-order chi connectivity index (χ0) is 25.2. The van der Waals surface area contributed by atoms with Gasteiger partial charge in [-0.1, -0.05) is 19.8 Å². The first-order valence-electron chi connectivity index (χ1n) is 13.6. The zero-order valence-electron chi connectivity index (χ0n) is 21.1. The summed E-state index contributed by atoms with van der Waals surface area (Å²) in [6.45, 7) is 2.28. The molecule has 2 aromatic rings. The van der Waals surface area contributed by atoms with Crippen LogP contribution in [0.5, 0.6) is 0 Å². The standard InChI is InChI=1S/C27H37FN4O3S/c1-17-2-4-18(5-3-17)14-24(33)30-20-6-8-21(9-7-20)32-26(34)23-15-19(28)16-29-25(23)31(27(32)35)22-10-12-36-13-11-22/h15-18,20-22H,2-14H2,1H3,(H,30,33)/t17?,18?,20-,21+. The second-order valence-corrected chi connectivity index (χ2v) is 12.3. The Hall–Kier alpha value is -2.16. The first-order chi connectivity index (χ1) is 17.4. The third-order valence-electron chi connectivity index (χ3n) is 8.52. The van der Waals surface area contributed by atoms with Crippen molar-refractivity contribution in [2.45, 2.75) is 95.7 Å². The maximum atomic E-state index is 14.1. The van der Waals surface area contributed by atoms with Crippen LogP contribution in [-0.4, -0.2) is 37.6 Å². The average Bonchev–Trinajstić information content (AvgIpc) is 2.87. The summed E-state index contributed by atoms with van der Waals surface area (Å²) >= 11 is 1.86. The summed E-state index contributed by atoms with van der Waals surface area (Å²) in [6.07, 6.45) is 10.7. The molecule has 3 fully saturated rings. The summed E-state index contributed by atoms with van der Waals surface area (Å²) in [5.41, 5.74) is -0.498. The molecule has 7 nitrogen and oxygen atoms in total. The molecule has 1 aliphatic heterocycles. The normalized spacial score (nSPS) is 27.7. The van der Waals surface area contributed by atoms with Gasteiger partial charge in [0, 0.05) is 24.5 Å². The highest BCUT2D eigenvalue weighted by atomic mass is 32.2. The summed E-state index contributed by atoms with van der Waals surface area (Å²) in [6, 6.07) is 0.996. The van der Waals surface area contributed by atoms with E-state index in [9.17, 15) is 18.8 Å². The number of pyridine rings is 1. The number of hydrogen-bond acceptors (Lipinski definition) is 5. The summed E-state index contributed by atoms with van der Waals surface area (Å²) in [5, 5.41) is 3.38. The van der Waals surface area contributed by atoms with E-state index in [1.807, 2.05) is 11.8 Å². The van der Waals surface area contributed by atoms with E-state index in [0.29, 0.717) is 25.2 Å². The topological polar surface area (TPSA) is 86.0 Å². The van der Waals surface area contributed by atoms with E-state index in [1.54, 1.807) is 4.57 Å². The van der Waals surface area contributed by atoms with Crippen LogP contribution in [0.3, 0.4) is 0 Å². The van der Waals surface area contributed by atoms with Crippen molar-refractivity contribution in [2.75, 3.05) is 11.5 Å². The van der Waals surface area contributed by atoms with E-state index < -0.39 is 11.4 Å². The summed E-state index contributed by atoms with van der Waals surface area (Å²) in [5.74, 6) is 2.70. The third-order valence-corrected chi connectivity index (χ3v) is 9.56.